The number of hydrogen-bond acceptors (Lipinski definition) is 6. The third-order valence-corrected chi connectivity index (χ3v) is 6.70. The topological polar surface area (TPSA) is 51.0 Å². The van der Waals surface area contributed by atoms with Gasteiger partial charge in [-0.3, -0.25) is 0 Å². The fraction of sp³-hybridized carbons (Fsp3) is 0.467. The highest BCUT2D eigenvalue weighted by molar-refractivity contribution is 8.06. The van der Waals surface area contributed by atoms with Crippen LogP contribution in [-0.4, -0.2) is 33.9 Å². The molecule has 4 rings (SSSR count). The zero-order valence-corrected chi connectivity index (χ0v) is 13.3. The van der Waals surface area contributed by atoms with Crippen LogP contribution in [0.25, 0.3) is 0 Å². The van der Waals surface area contributed by atoms with Gasteiger partial charge in [-0.25, -0.2) is 0 Å². The molecule has 0 aliphatic carbocycles. The Hall–Kier alpha value is -1.14. The van der Waals surface area contributed by atoms with E-state index in [1.54, 1.807) is 0 Å². The first-order valence-electron chi connectivity index (χ1n) is 7.25. The number of nitrogens with one attached hydrogen (secondary N) is 1. The number of aromatic nitrogens is 2. The van der Waals surface area contributed by atoms with E-state index in [0.717, 1.165) is 30.4 Å². The van der Waals surface area contributed by atoms with Gasteiger partial charge in [0.1, 0.15) is 0 Å². The van der Waals surface area contributed by atoms with Gasteiger partial charge in [-0.05, 0) is 11.6 Å². The first kappa shape index (κ1) is 13.5. The highest BCUT2D eigenvalue weighted by atomic mass is 32.2. The van der Waals surface area contributed by atoms with Crippen LogP contribution < -0.4 is 5.32 Å². The predicted octanol–water partition coefficient (Wildman–Crippen LogP) is 3.34. The highest BCUT2D eigenvalue weighted by Gasteiger charge is 2.26. The Labute approximate surface area is 132 Å². The number of fused-ring (bicyclic) bond motifs is 1. The van der Waals surface area contributed by atoms with Gasteiger partial charge in [0.15, 0.2) is 5.82 Å². The van der Waals surface area contributed by atoms with Crippen molar-refractivity contribution in [1.82, 2.24) is 10.1 Å². The molecule has 110 valence electrons. The molecule has 2 atom stereocenters. The van der Waals surface area contributed by atoms with Crippen molar-refractivity contribution in [1.29, 1.82) is 0 Å². The number of thioether (sulfide) groups is 2. The molecule has 0 amide bonds. The summed E-state index contributed by atoms with van der Waals surface area (Å²) in [5, 5.41) is 8.04. The zero-order chi connectivity index (χ0) is 14.1. The van der Waals surface area contributed by atoms with Gasteiger partial charge in [-0.15, -0.1) is 11.8 Å². The van der Waals surface area contributed by atoms with E-state index in [-0.39, 0.29) is 0 Å². The lowest BCUT2D eigenvalue weighted by Crippen LogP contribution is -2.09. The van der Waals surface area contributed by atoms with Crippen molar-refractivity contribution in [2.75, 3.05) is 29.1 Å². The van der Waals surface area contributed by atoms with Gasteiger partial charge in [-0.1, -0.05) is 23.4 Å². The average Bonchev–Trinajstić information content (AvgIpc) is 3.17. The van der Waals surface area contributed by atoms with Crippen LogP contribution >= 0.6 is 23.5 Å². The van der Waals surface area contributed by atoms with Gasteiger partial charge in [0, 0.05) is 41.8 Å². The van der Waals surface area contributed by atoms with Crippen LogP contribution in [0, 0.1) is 0 Å². The smallest absolute Gasteiger partial charge is 0.227 e. The Morgan fingerprint density at radius 1 is 1.29 bits per heavy atom. The largest absolute Gasteiger partial charge is 0.384 e. The molecule has 21 heavy (non-hydrogen) atoms. The molecule has 1 aromatic heterocycles. The molecule has 0 spiro atoms. The van der Waals surface area contributed by atoms with E-state index < -0.39 is 0 Å². The van der Waals surface area contributed by atoms with Crippen molar-refractivity contribution in [2.45, 2.75) is 17.6 Å². The summed E-state index contributed by atoms with van der Waals surface area (Å²) < 4.78 is 5.48. The molecule has 0 bridgehead atoms. The van der Waals surface area contributed by atoms with Crippen molar-refractivity contribution in [3.05, 3.63) is 41.5 Å². The maximum absolute atomic E-state index is 5.48. The summed E-state index contributed by atoms with van der Waals surface area (Å²) in [4.78, 5) is 4.63. The summed E-state index contributed by atoms with van der Waals surface area (Å²) in [6.07, 6.45) is 0.821. The molecule has 1 fully saturated rings. The Morgan fingerprint density at radius 2 is 2.24 bits per heavy atom. The lowest BCUT2D eigenvalue weighted by atomic mass is 9.98. The molecule has 1 saturated heterocycles. The normalized spacial score (nSPS) is 24.6. The standard InChI is InChI=1S/C15H17N3OS2/c1-2-4-12-11(3-1)10(8-16-12)7-14-17-15(18-19-14)13-9-20-5-6-21-13/h1-4,10,13,16H,5-9H2. The van der Waals surface area contributed by atoms with E-state index >= 15 is 0 Å². The zero-order valence-electron chi connectivity index (χ0n) is 11.6. The van der Waals surface area contributed by atoms with Crippen LogP contribution in [-0.2, 0) is 6.42 Å². The van der Waals surface area contributed by atoms with E-state index in [4.69, 9.17) is 4.52 Å². The van der Waals surface area contributed by atoms with Gasteiger partial charge in [0.05, 0.1) is 5.25 Å². The Balaban J connectivity index is 1.47. The van der Waals surface area contributed by atoms with Crippen molar-refractivity contribution < 1.29 is 4.52 Å². The van der Waals surface area contributed by atoms with Crippen LogP contribution in [0.1, 0.15) is 28.4 Å². The first-order chi connectivity index (χ1) is 10.4. The summed E-state index contributed by atoms with van der Waals surface area (Å²) in [5.74, 6) is 5.58. The van der Waals surface area contributed by atoms with E-state index in [9.17, 15) is 0 Å². The molecule has 0 radical (unpaired) electrons. The fourth-order valence-corrected chi connectivity index (χ4v) is 5.46. The minimum Gasteiger partial charge on any atom is -0.384 e. The van der Waals surface area contributed by atoms with Crippen LogP contribution in [0.4, 0.5) is 5.69 Å². The molecule has 6 heteroatoms. The molecule has 4 nitrogen and oxygen atoms in total. The molecule has 3 heterocycles. The average molecular weight is 319 g/mol. The van der Waals surface area contributed by atoms with Gasteiger partial charge >= 0.3 is 0 Å². The second kappa shape index (κ2) is 5.93. The monoisotopic (exact) mass is 319 g/mol. The molecule has 1 N–H and O–H groups in total. The van der Waals surface area contributed by atoms with Crippen LogP contribution in [0.2, 0.25) is 0 Å². The number of para-hydroxylation sites is 1. The minimum absolute atomic E-state index is 0.398. The van der Waals surface area contributed by atoms with Gasteiger partial charge < -0.3 is 9.84 Å². The molecule has 2 aromatic rings. The molecular weight excluding hydrogens is 302 g/mol. The quantitative estimate of drug-likeness (QED) is 0.936. The Bertz CT molecular complexity index is 625. The number of benzene rings is 1. The van der Waals surface area contributed by atoms with E-state index in [1.165, 1.54) is 22.8 Å². The summed E-state index contributed by atoms with van der Waals surface area (Å²) in [6.45, 7) is 0.949. The lowest BCUT2D eigenvalue weighted by molar-refractivity contribution is 0.367. The highest BCUT2D eigenvalue weighted by Crippen LogP contribution is 2.36. The summed E-state index contributed by atoms with van der Waals surface area (Å²) in [5.41, 5.74) is 2.60. The third kappa shape index (κ3) is 2.79. The molecule has 2 unspecified atom stereocenters. The second-order valence-electron chi connectivity index (χ2n) is 5.35. The number of nitrogens with zero attached hydrogens (tertiary/aromatic N) is 2. The minimum atomic E-state index is 0.398. The summed E-state index contributed by atoms with van der Waals surface area (Å²) in [7, 11) is 0. The van der Waals surface area contributed by atoms with Gasteiger partial charge in [0.25, 0.3) is 0 Å². The molecule has 0 saturated carbocycles. The number of rotatable bonds is 3. The summed E-state index contributed by atoms with van der Waals surface area (Å²) in [6, 6.07) is 8.47. The summed E-state index contributed by atoms with van der Waals surface area (Å²) >= 11 is 3.92. The fourth-order valence-electron chi connectivity index (χ4n) is 2.87. The second-order valence-corrected chi connectivity index (χ2v) is 7.81. The third-order valence-electron chi connectivity index (χ3n) is 3.95. The maximum atomic E-state index is 5.48. The van der Waals surface area contributed by atoms with Crippen molar-refractivity contribution in [3.63, 3.8) is 0 Å². The van der Waals surface area contributed by atoms with Crippen LogP contribution in [0.3, 0.4) is 0 Å². The molecular formula is C15H17N3OS2. The van der Waals surface area contributed by atoms with Gasteiger partial charge in [-0.2, -0.15) is 16.7 Å². The number of hydrogen-bond donors (Lipinski definition) is 1. The van der Waals surface area contributed by atoms with Crippen molar-refractivity contribution in [3.8, 4) is 0 Å². The Morgan fingerprint density at radius 3 is 3.14 bits per heavy atom. The Kier molecular flexibility index (Phi) is 3.82. The molecule has 1 aromatic carbocycles. The van der Waals surface area contributed by atoms with Crippen LogP contribution in [0.5, 0.6) is 0 Å². The molecule has 2 aliphatic rings. The predicted molar refractivity (Wildman–Crippen MR) is 88.2 cm³/mol. The SMILES string of the molecule is c1ccc2c(c1)NCC2Cc1nc(C2CSCCS2)no1. The van der Waals surface area contributed by atoms with Crippen molar-refractivity contribution >= 4 is 29.2 Å². The van der Waals surface area contributed by atoms with Crippen LogP contribution in [0.15, 0.2) is 28.8 Å². The van der Waals surface area contributed by atoms with Crippen molar-refractivity contribution in [2.24, 2.45) is 0 Å². The van der Waals surface area contributed by atoms with E-state index in [1.807, 2.05) is 23.5 Å². The van der Waals surface area contributed by atoms with Gasteiger partial charge in [0.2, 0.25) is 5.89 Å². The van der Waals surface area contributed by atoms with E-state index in [2.05, 4.69) is 39.7 Å². The lowest BCUT2D eigenvalue weighted by Gasteiger charge is -2.17. The maximum Gasteiger partial charge on any atom is 0.227 e. The molecule has 2 aliphatic heterocycles. The van der Waals surface area contributed by atoms with E-state index in [0.29, 0.717) is 11.2 Å². The number of anilines is 1. The first-order valence-corrected chi connectivity index (χ1v) is 9.45.